The Morgan fingerprint density at radius 1 is 0.923 bits per heavy atom. The largest absolute Gasteiger partial charge is 0.462 e. The number of piperazine rings is 1. The Labute approximate surface area is 302 Å². The van der Waals surface area contributed by atoms with Gasteiger partial charge in [0.2, 0.25) is 0 Å². The van der Waals surface area contributed by atoms with Crippen molar-refractivity contribution >= 4 is 33.7 Å². The van der Waals surface area contributed by atoms with Gasteiger partial charge in [-0.3, -0.25) is 9.36 Å². The molecule has 8 rings (SSSR count). The van der Waals surface area contributed by atoms with Gasteiger partial charge in [0.05, 0.1) is 24.2 Å². The summed E-state index contributed by atoms with van der Waals surface area (Å²) in [5.74, 6) is 1.44. The van der Waals surface area contributed by atoms with Crippen LogP contribution in [0.25, 0.3) is 27.5 Å². The summed E-state index contributed by atoms with van der Waals surface area (Å²) in [4.78, 5) is 48.5. The lowest BCUT2D eigenvalue weighted by molar-refractivity contribution is 0.0768. The molecule has 3 fully saturated rings. The molecule has 2 atom stereocenters. The lowest BCUT2D eigenvalue weighted by Crippen LogP contribution is -2.55. The third kappa shape index (κ3) is 6.52. The molecule has 1 amide bonds. The number of anilines is 1. The van der Waals surface area contributed by atoms with Crippen LogP contribution in [-0.4, -0.2) is 87.3 Å². The number of hydrogen-bond donors (Lipinski definition) is 0. The fourth-order valence-corrected chi connectivity index (χ4v) is 7.71. The first-order valence-electron chi connectivity index (χ1n) is 18.1. The first-order valence-corrected chi connectivity index (χ1v) is 18.1. The van der Waals surface area contributed by atoms with E-state index >= 15 is 0 Å². The van der Waals surface area contributed by atoms with Gasteiger partial charge in [-0.1, -0.05) is 60.7 Å². The number of benzene rings is 3. The second-order valence-corrected chi connectivity index (χ2v) is 14.1. The summed E-state index contributed by atoms with van der Waals surface area (Å²) in [7, 11) is 2.08. The first-order chi connectivity index (χ1) is 25.4. The number of nitrogens with zero attached hydrogens (tertiary/aromatic N) is 8. The number of carbonyl (C=O) groups is 1. The molecule has 2 aliphatic heterocycles. The molecule has 12 heteroatoms. The zero-order chi connectivity index (χ0) is 35.8. The standard InChI is InChI=1S/C40H42N8O4/c1-26-42-35-36(38(49)48(26)33-15-7-12-29-11-6-14-32(34(29)33)28-16-17-28)43-39(51-25-31-13-8-20-45(31)2)44-37(35)46-21-22-47(30(23-46)18-19-41)40(50)52-24-27-9-4-3-5-10-27/h3-7,9-12,14-15,28,30-31H,8,13,16-18,20-25H2,1-2H3/t30-,31-/m0/s1. The second-order valence-electron chi connectivity index (χ2n) is 14.1. The molecule has 4 heterocycles. The average Bonchev–Trinajstić information content (AvgIpc) is 3.93. The molecular weight excluding hydrogens is 656 g/mol. The number of likely N-dealkylation sites (N-methyl/N-ethyl adjacent to an activating group) is 1. The minimum absolute atomic E-state index is 0.0982. The van der Waals surface area contributed by atoms with Crippen molar-refractivity contribution in [3.8, 4) is 17.8 Å². The number of aromatic nitrogens is 4. The summed E-state index contributed by atoms with van der Waals surface area (Å²) in [6.45, 7) is 4.34. The van der Waals surface area contributed by atoms with Crippen LogP contribution in [0.2, 0.25) is 0 Å². The normalized spacial score (nSPS) is 19.2. The number of aryl methyl sites for hydroxylation is 1. The Morgan fingerprint density at radius 2 is 1.73 bits per heavy atom. The van der Waals surface area contributed by atoms with Crippen molar-refractivity contribution in [3.05, 3.63) is 94.0 Å². The molecule has 12 nitrogen and oxygen atoms in total. The Kier molecular flexibility index (Phi) is 9.19. The van der Waals surface area contributed by atoms with Gasteiger partial charge in [0.1, 0.15) is 24.6 Å². The van der Waals surface area contributed by atoms with E-state index in [1.54, 1.807) is 9.47 Å². The summed E-state index contributed by atoms with van der Waals surface area (Å²) >= 11 is 0. The SMILES string of the molecule is Cc1nc2c(N3CCN(C(=O)OCc4ccccc4)[C@@H](CC#N)C3)nc(OC[C@@H]3CCCN3C)nc2c(=O)n1-c1cccc2cccc(C3CC3)c12. The Balaban J connectivity index is 1.18. The number of nitriles is 1. The topological polar surface area (TPSA) is 130 Å². The minimum Gasteiger partial charge on any atom is -0.462 e. The molecule has 2 saturated heterocycles. The van der Waals surface area contributed by atoms with Crippen LogP contribution in [0, 0.1) is 18.3 Å². The number of ether oxygens (including phenoxy) is 2. The van der Waals surface area contributed by atoms with E-state index in [9.17, 15) is 14.9 Å². The predicted octanol–water partition coefficient (Wildman–Crippen LogP) is 5.73. The van der Waals surface area contributed by atoms with Crippen LogP contribution in [-0.2, 0) is 11.3 Å². The summed E-state index contributed by atoms with van der Waals surface area (Å²) < 4.78 is 13.6. The van der Waals surface area contributed by atoms with Gasteiger partial charge in [-0.25, -0.2) is 9.78 Å². The van der Waals surface area contributed by atoms with Gasteiger partial charge in [0.15, 0.2) is 11.3 Å². The fourth-order valence-electron chi connectivity index (χ4n) is 7.71. The van der Waals surface area contributed by atoms with Crippen LogP contribution in [0.1, 0.15) is 55.0 Å². The van der Waals surface area contributed by atoms with Crippen LogP contribution < -0.4 is 15.2 Å². The Morgan fingerprint density at radius 3 is 2.48 bits per heavy atom. The van der Waals surface area contributed by atoms with Gasteiger partial charge in [-0.05, 0) is 74.7 Å². The van der Waals surface area contributed by atoms with Gasteiger partial charge >= 0.3 is 12.1 Å². The maximum absolute atomic E-state index is 14.7. The zero-order valence-corrected chi connectivity index (χ0v) is 29.6. The lowest BCUT2D eigenvalue weighted by atomic mass is 9.99. The van der Waals surface area contributed by atoms with E-state index < -0.39 is 12.1 Å². The van der Waals surface area contributed by atoms with Crippen LogP contribution in [0.4, 0.5) is 10.6 Å². The van der Waals surface area contributed by atoms with Crippen LogP contribution in [0.5, 0.6) is 6.01 Å². The van der Waals surface area contributed by atoms with E-state index in [2.05, 4.69) is 42.3 Å². The van der Waals surface area contributed by atoms with Crippen molar-refractivity contribution < 1.29 is 14.3 Å². The number of carbonyl (C=O) groups excluding carboxylic acids is 1. The molecule has 0 N–H and O–H groups in total. The highest BCUT2D eigenvalue weighted by Crippen LogP contribution is 2.44. The van der Waals surface area contributed by atoms with E-state index in [0.29, 0.717) is 49.3 Å². The smallest absolute Gasteiger partial charge is 0.410 e. The summed E-state index contributed by atoms with van der Waals surface area (Å²) in [5.41, 5.74) is 3.13. The molecule has 5 aromatic rings. The van der Waals surface area contributed by atoms with Crippen LogP contribution >= 0.6 is 0 Å². The van der Waals surface area contributed by atoms with Crippen molar-refractivity contribution in [1.29, 1.82) is 5.26 Å². The fraction of sp³-hybridized carbons (Fsp3) is 0.400. The van der Waals surface area contributed by atoms with E-state index in [0.717, 1.165) is 54.3 Å². The second kappa shape index (κ2) is 14.2. The van der Waals surface area contributed by atoms with E-state index in [1.807, 2.05) is 54.3 Å². The van der Waals surface area contributed by atoms with Crippen molar-refractivity contribution in [1.82, 2.24) is 29.3 Å². The summed E-state index contributed by atoms with van der Waals surface area (Å²) in [5, 5.41) is 11.9. The van der Waals surface area contributed by atoms with Crippen molar-refractivity contribution in [2.24, 2.45) is 0 Å². The lowest BCUT2D eigenvalue weighted by Gasteiger charge is -2.40. The van der Waals surface area contributed by atoms with Crippen LogP contribution in [0.15, 0.2) is 71.5 Å². The van der Waals surface area contributed by atoms with Crippen molar-refractivity contribution in [2.75, 3.05) is 44.7 Å². The molecule has 3 aromatic carbocycles. The molecule has 3 aliphatic rings. The maximum Gasteiger partial charge on any atom is 0.410 e. The number of amides is 1. The summed E-state index contributed by atoms with van der Waals surface area (Å²) in [6.07, 6.45) is 3.99. The average molecular weight is 699 g/mol. The van der Waals surface area contributed by atoms with E-state index in [1.165, 1.54) is 5.56 Å². The third-order valence-corrected chi connectivity index (χ3v) is 10.6. The molecule has 0 radical (unpaired) electrons. The highest BCUT2D eigenvalue weighted by Gasteiger charge is 2.34. The molecule has 0 unspecified atom stereocenters. The highest BCUT2D eigenvalue weighted by molar-refractivity contribution is 5.94. The quantitative estimate of drug-likeness (QED) is 0.188. The van der Waals surface area contributed by atoms with Gasteiger partial charge in [0, 0.05) is 31.1 Å². The maximum atomic E-state index is 14.7. The molecule has 0 bridgehead atoms. The molecule has 0 spiro atoms. The third-order valence-electron chi connectivity index (χ3n) is 10.6. The number of likely N-dealkylation sites (tertiary alicyclic amines) is 1. The molecular formula is C40H42N8O4. The van der Waals surface area contributed by atoms with Crippen molar-refractivity contribution in [3.63, 3.8) is 0 Å². The Hall–Kier alpha value is -5.54. The van der Waals surface area contributed by atoms with Crippen LogP contribution in [0.3, 0.4) is 0 Å². The van der Waals surface area contributed by atoms with E-state index in [4.69, 9.17) is 24.4 Å². The predicted molar refractivity (Wildman–Crippen MR) is 198 cm³/mol. The van der Waals surface area contributed by atoms with Crippen molar-refractivity contribution in [2.45, 2.75) is 63.6 Å². The van der Waals surface area contributed by atoms with Gasteiger partial charge in [0.25, 0.3) is 5.56 Å². The molecule has 266 valence electrons. The van der Waals surface area contributed by atoms with Gasteiger partial charge < -0.3 is 24.2 Å². The number of hydrogen-bond acceptors (Lipinski definition) is 10. The zero-order valence-electron chi connectivity index (χ0n) is 29.6. The monoisotopic (exact) mass is 698 g/mol. The highest BCUT2D eigenvalue weighted by atomic mass is 16.6. The first kappa shape index (κ1) is 33.6. The molecule has 1 aliphatic carbocycles. The molecule has 1 saturated carbocycles. The molecule has 52 heavy (non-hydrogen) atoms. The number of rotatable bonds is 9. The minimum atomic E-state index is -0.474. The van der Waals surface area contributed by atoms with E-state index in [-0.39, 0.29) is 36.2 Å². The number of fused-ring (bicyclic) bond motifs is 2. The van der Waals surface area contributed by atoms with Gasteiger partial charge in [-0.15, -0.1) is 0 Å². The summed E-state index contributed by atoms with van der Waals surface area (Å²) in [6, 6.07) is 24.0. The Bertz CT molecular complexity index is 2230. The molecule has 2 aromatic heterocycles. The van der Waals surface area contributed by atoms with Gasteiger partial charge in [-0.2, -0.15) is 15.2 Å².